The van der Waals surface area contributed by atoms with E-state index in [-0.39, 0.29) is 11.9 Å². The molecule has 2 aromatic rings. The third kappa shape index (κ3) is 5.24. The molecule has 1 fully saturated rings. The Morgan fingerprint density at radius 1 is 1.12 bits per heavy atom. The number of amides is 3. The van der Waals surface area contributed by atoms with E-state index in [0.717, 1.165) is 30.6 Å². The highest BCUT2D eigenvalue weighted by Crippen LogP contribution is 2.20. The highest BCUT2D eigenvalue weighted by molar-refractivity contribution is 5.97. The van der Waals surface area contributed by atoms with Gasteiger partial charge in [0.05, 0.1) is 7.11 Å². The molecule has 0 bridgehead atoms. The van der Waals surface area contributed by atoms with Crippen LogP contribution in [0.2, 0.25) is 0 Å². The maximum Gasteiger partial charge on any atom is 0.319 e. The fourth-order valence-corrected chi connectivity index (χ4v) is 2.52. The summed E-state index contributed by atoms with van der Waals surface area (Å²) in [5, 5.41) is 8.51. The van der Waals surface area contributed by atoms with Gasteiger partial charge in [0.15, 0.2) is 0 Å². The molecule has 0 saturated heterocycles. The number of nitrogens with one attached hydrogen (secondary N) is 3. The molecule has 0 radical (unpaired) electrons. The SMILES string of the molecule is COc1ccc(CCNC(=O)Nc2cccc(C(=O)NC3CC3)c2)cc1. The summed E-state index contributed by atoms with van der Waals surface area (Å²) >= 11 is 0. The molecule has 6 nitrogen and oxygen atoms in total. The molecule has 6 heteroatoms. The molecule has 0 heterocycles. The molecule has 0 spiro atoms. The van der Waals surface area contributed by atoms with Gasteiger partial charge in [-0.25, -0.2) is 4.79 Å². The van der Waals surface area contributed by atoms with Crippen LogP contribution in [0.25, 0.3) is 0 Å². The normalized spacial score (nSPS) is 13.0. The summed E-state index contributed by atoms with van der Waals surface area (Å²) in [6.07, 6.45) is 2.81. The Balaban J connectivity index is 1.45. The highest BCUT2D eigenvalue weighted by Gasteiger charge is 2.23. The van der Waals surface area contributed by atoms with Gasteiger partial charge in [0.1, 0.15) is 5.75 Å². The van der Waals surface area contributed by atoms with Crippen LogP contribution in [0.5, 0.6) is 5.75 Å². The fourth-order valence-electron chi connectivity index (χ4n) is 2.52. The first-order chi connectivity index (χ1) is 12.6. The van der Waals surface area contributed by atoms with Gasteiger partial charge in [0.25, 0.3) is 5.91 Å². The van der Waals surface area contributed by atoms with Gasteiger partial charge in [-0.05, 0) is 55.2 Å². The van der Waals surface area contributed by atoms with E-state index in [0.29, 0.717) is 23.8 Å². The number of ether oxygens (including phenoxy) is 1. The van der Waals surface area contributed by atoms with Crippen LogP contribution in [-0.4, -0.2) is 31.6 Å². The molecule has 1 aliphatic carbocycles. The van der Waals surface area contributed by atoms with Gasteiger partial charge in [-0.1, -0.05) is 18.2 Å². The molecule has 0 unspecified atom stereocenters. The van der Waals surface area contributed by atoms with Crippen molar-refractivity contribution in [1.82, 2.24) is 10.6 Å². The van der Waals surface area contributed by atoms with E-state index in [2.05, 4.69) is 16.0 Å². The lowest BCUT2D eigenvalue weighted by Gasteiger charge is -2.09. The number of hydrogen-bond donors (Lipinski definition) is 3. The van der Waals surface area contributed by atoms with E-state index in [1.807, 2.05) is 24.3 Å². The number of carbonyl (C=O) groups excluding carboxylic acids is 2. The van der Waals surface area contributed by atoms with Crippen molar-refractivity contribution in [2.75, 3.05) is 19.0 Å². The Morgan fingerprint density at radius 2 is 1.88 bits per heavy atom. The van der Waals surface area contributed by atoms with E-state index in [1.54, 1.807) is 31.4 Å². The Labute approximate surface area is 152 Å². The smallest absolute Gasteiger partial charge is 0.319 e. The molecular weight excluding hydrogens is 330 g/mol. The van der Waals surface area contributed by atoms with Crippen LogP contribution >= 0.6 is 0 Å². The zero-order valence-corrected chi connectivity index (χ0v) is 14.7. The molecule has 0 atom stereocenters. The largest absolute Gasteiger partial charge is 0.497 e. The Hall–Kier alpha value is -3.02. The van der Waals surface area contributed by atoms with Crippen LogP contribution in [0.15, 0.2) is 48.5 Å². The van der Waals surface area contributed by atoms with Crippen molar-refractivity contribution >= 4 is 17.6 Å². The molecular formula is C20H23N3O3. The summed E-state index contributed by atoms with van der Waals surface area (Å²) in [7, 11) is 1.63. The number of hydrogen-bond acceptors (Lipinski definition) is 3. The third-order valence-electron chi connectivity index (χ3n) is 4.15. The second-order valence-electron chi connectivity index (χ2n) is 6.31. The number of methoxy groups -OCH3 is 1. The molecule has 26 heavy (non-hydrogen) atoms. The van der Waals surface area contributed by atoms with Crippen LogP contribution in [0.1, 0.15) is 28.8 Å². The van der Waals surface area contributed by atoms with Crippen LogP contribution in [0.3, 0.4) is 0 Å². The summed E-state index contributed by atoms with van der Waals surface area (Å²) in [6, 6.07) is 14.7. The van der Waals surface area contributed by atoms with Crippen molar-refractivity contribution in [3.05, 3.63) is 59.7 Å². The predicted octanol–water partition coefficient (Wildman–Crippen LogP) is 2.95. The second kappa shape index (κ2) is 8.38. The maximum absolute atomic E-state index is 12.1. The maximum atomic E-state index is 12.1. The second-order valence-corrected chi connectivity index (χ2v) is 6.31. The standard InChI is InChI=1S/C20H23N3O3/c1-26-18-9-5-14(6-10-18)11-12-21-20(25)23-17-4-2-3-15(13-17)19(24)22-16-7-8-16/h2-6,9-10,13,16H,7-8,11-12H2,1H3,(H,22,24)(H2,21,23,25). The lowest BCUT2D eigenvalue weighted by molar-refractivity contribution is 0.0951. The zero-order valence-electron chi connectivity index (χ0n) is 14.7. The Kier molecular flexibility index (Phi) is 5.73. The van der Waals surface area contributed by atoms with Gasteiger partial charge in [0.2, 0.25) is 0 Å². The van der Waals surface area contributed by atoms with Crippen LogP contribution in [0.4, 0.5) is 10.5 Å². The topological polar surface area (TPSA) is 79.5 Å². The van der Waals surface area contributed by atoms with E-state index >= 15 is 0 Å². The highest BCUT2D eigenvalue weighted by atomic mass is 16.5. The first-order valence-corrected chi connectivity index (χ1v) is 8.73. The van der Waals surface area contributed by atoms with E-state index in [1.165, 1.54) is 0 Å². The molecule has 1 aliphatic rings. The molecule has 2 aromatic carbocycles. The predicted molar refractivity (Wildman–Crippen MR) is 101 cm³/mol. The first kappa shape index (κ1) is 17.8. The van der Waals surface area contributed by atoms with Crippen molar-refractivity contribution in [3.63, 3.8) is 0 Å². The number of rotatable bonds is 7. The van der Waals surface area contributed by atoms with Crippen LogP contribution in [0, 0.1) is 0 Å². The molecule has 1 saturated carbocycles. The first-order valence-electron chi connectivity index (χ1n) is 8.73. The Morgan fingerprint density at radius 3 is 2.58 bits per heavy atom. The Bertz CT molecular complexity index is 770. The summed E-state index contributed by atoms with van der Waals surface area (Å²) in [5.74, 6) is 0.709. The molecule has 136 valence electrons. The van der Waals surface area contributed by atoms with Gasteiger partial charge < -0.3 is 20.7 Å². The van der Waals surface area contributed by atoms with Gasteiger partial charge >= 0.3 is 6.03 Å². The van der Waals surface area contributed by atoms with Crippen molar-refractivity contribution in [2.45, 2.75) is 25.3 Å². The van der Waals surface area contributed by atoms with Gasteiger partial charge in [-0.2, -0.15) is 0 Å². The molecule has 3 N–H and O–H groups in total. The lowest BCUT2D eigenvalue weighted by atomic mass is 10.1. The minimum absolute atomic E-state index is 0.101. The molecule has 3 amide bonds. The monoisotopic (exact) mass is 353 g/mol. The lowest BCUT2D eigenvalue weighted by Crippen LogP contribution is -2.30. The average Bonchev–Trinajstić information content (AvgIpc) is 3.46. The van der Waals surface area contributed by atoms with E-state index < -0.39 is 0 Å². The minimum Gasteiger partial charge on any atom is -0.497 e. The average molecular weight is 353 g/mol. The summed E-state index contributed by atoms with van der Waals surface area (Å²) < 4.78 is 5.12. The molecule has 0 aliphatic heterocycles. The minimum atomic E-state index is -0.293. The molecule has 3 rings (SSSR count). The van der Waals surface area contributed by atoms with E-state index in [4.69, 9.17) is 4.74 Å². The van der Waals surface area contributed by atoms with Crippen LogP contribution in [-0.2, 0) is 6.42 Å². The number of carbonyl (C=O) groups is 2. The third-order valence-corrected chi connectivity index (χ3v) is 4.15. The zero-order chi connectivity index (χ0) is 18.4. The van der Waals surface area contributed by atoms with Gasteiger partial charge in [0, 0.05) is 23.8 Å². The number of benzene rings is 2. The van der Waals surface area contributed by atoms with Crippen molar-refractivity contribution in [1.29, 1.82) is 0 Å². The van der Waals surface area contributed by atoms with Crippen molar-refractivity contribution in [2.24, 2.45) is 0 Å². The van der Waals surface area contributed by atoms with Crippen molar-refractivity contribution < 1.29 is 14.3 Å². The van der Waals surface area contributed by atoms with Crippen LogP contribution < -0.4 is 20.7 Å². The quantitative estimate of drug-likeness (QED) is 0.716. The van der Waals surface area contributed by atoms with E-state index in [9.17, 15) is 9.59 Å². The summed E-state index contributed by atoms with van der Waals surface area (Å²) in [5.41, 5.74) is 2.26. The van der Waals surface area contributed by atoms with Gasteiger partial charge in [-0.3, -0.25) is 4.79 Å². The number of urea groups is 1. The summed E-state index contributed by atoms with van der Waals surface area (Å²) in [6.45, 7) is 0.514. The molecule has 0 aromatic heterocycles. The fraction of sp³-hybridized carbons (Fsp3) is 0.300. The summed E-state index contributed by atoms with van der Waals surface area (Å²) in [4.78, 5) is 24.1. The van der Waals surface area contributed by atoms with Crippen molar-refractivity contribution in [3.8, 4) is 5.75 Å². The number of anilines is 1. The van der Waals surface area contributed by atoms with Gasteiger partial charge in [-0.15, -0.1) is 0 Å².